The summed E-state index contributed by atoms with van der Waals surface area (Å²) in [4.78, 5) is 14.1. The van der Waals surface area contributed by atoms with Gasteiger partial charge >= 0.3 is 0 Å². The maximum Gasteiger partial charge on any atom is 0.234 e. The van der Waals surface area contributed by atoms with E-state index in [2.05, 4.69) is 36.5 Å². The number of nitrogens with zero attached hydrogens (tertiary/aromatic N) is 1. The number of hydrogen-bond acceptors (Lipinski definition) is 4. The van der Waals surface area contributed by atoms with Crippen molar-refractivity contribution in [2.75, 3.05) is 33.4 Å². The first-order chi connectivity index (χ1) is 10.6. The van der Waals surface area contributed by atoms with Crippen LogP contribution < -0.4 is 5.32 Å². The van der Waals surface area contributed by atoms with Crippen molar-refractivity contribution in [1.29, 1.82) is 0 Å². The number of likely N-dealkylation sites (N-methyl/N-ethyl adjacent to an activating group) is 1. The Morgan fingerprint density at radius 3 is 2.77 bits per heavy atom. The normalized spacial score (nSPS) is 21.3. The van der Waals surface area contributed by atoms with Crippen LogP contribution in [0.5, 0.6) is 0 Å². The summed E-state index contributed by atoms with van der Waals surface area (Å²) in [6, 6.07) is 8.33. The zero-order valence-electron chi connectivity index (χ0n) is 13.7. The molecule has 1 saturated heterocycles. The van der Waals surface area contributed by atoms with Gasteiger partial charge in [0.25, 0.3) is 0 Å². The zero-order valence-corrected chi connectivity index (χ0v) is 13.7. The average Bonchev–Trinajstić information content (AvgIpc) is 2.89. The highest BCUT2D eigenvalue weighted by molar-refractivity contribution is 5.78. The van der Waals surface area contributed by atoms with E-state index in [4.69, 9.17) is 9.47 Å². The Labute approximate surface area is 132 Å². The molecule has 1 heterocycles. The van der Waals surface area contributed by atoms with Crippen LogP contribution in [0, 0.1) is 6.92 Å². The lowest BCUT2D eigenvalue weighted by Gasteiger charge is -2.21. The molecule has 5 heteroatoms. The third-order valence-corrected chi connectivity index (χ3v) is 3.74. The first-order valence-corrected chi connectivity index (χ1v) is 7.81. The van der Waals surface area contributed by atoms with Gasteiger partial charge in [0.1, 0.15) is 6.10 Å². The summed E-state index contributed by atoms with van der Waals surface area (Å²) in [5.74, 6) is 0.00909. The molecule has 122 valence electrons. The van der Waals surface area contributed by atoms with Crippen LogP contribution in [0.1, 0.15) is 18.1 Å². The summed E-state index contributed by atoms with van der Waals surface area (Å²) < 4.78 is 11.0. The van der Waals surface area contributed by atoms with Gasteiger partial charge in [0.2, 0.25) is 5.91 Å². The van der Waals surface area contributed by atoms with Crippen molar-refractivity contribution in [3.05, 3.63) is 35.4 Å². The number of carbonyl (C=O) groups is 1. The molecule has 1 fully saturated rings. The molecule has 1 aromatic carbocycles. The first-order valence-electron chi connectivity index (χ1n) is 7.81. The van der Waals surface area contributed by atoms with Gasteiger partial charge in [-0.3, -0.25) is 9.69 Å². The molecule has 2 rings (SSSR count). The molecule has 0 aliphatic carbocycles. The van der Waals surface area contributed by atoms with E-state index in [9.17, 15) is 4.79 Å². The Balaban J connectivity index is 1.77. The number of carbonyl (C=O) groups excluding carboxylic acids is 1. The lowest BCUT2D eigenvalue weighted by Crippen LogP contribution is -2.47. The zero-order chi connectivity index (χ0) is 15.9. The minimum Gasteiger partial charge on any atom is -0.376 e. The standard InChI is InChI=1S/C17H26N2O3/c1-4-22-16-12-21-11-15(16)18-17(20)10-19(3)9-14-7-5-13(2)6-8-14/h5-8,15-16H,4,9-12H2,1-3H3,(H,18,20)/t15-,16-/m0/s1. The van der Waals surface area contributed by atoms with Gasteiger partial charge in [-0.25, -0.2) is 0 Å². The molecule has 0 unspecified atom stereocenters. The second-order valence-corrected chi connectivity index (χ2v) is 5.86. The number of benzene rings is 1. The molecule has 22 heavy (non-hydrogen) atoms. The maximum atomic E-state index is 12.1. The van der Waals surface area contributed by atoms with Crippen molar-refractivity contribution in [2.45, 2.75) is 32.5 Å². The lowest BCUT2D eigenvalue weighted by atomic mass is 10.1. The van der Waals surface area contributed by atoms with Crippen LogP contribution in [0.15, 0.2) is 24.3 Å². The van der Waals surface area contributed by atoms with Crippen molar-refractivity contribution in [3.63, 3.8) is 0 Å². The largest absolute Gasteiger partial charge is 0.376 e. The van der Waals surface area contributed by atoms with Crippen molar-refractivity contribution in [3.8, 4) is 0 Å². The maximum absolute atomic E-state index is 12.1. The average molecular weight is 306 g/mol. The summed E-state index contributed by atoms with van der Waals surface area (Å²) in [6.45, 7) is 6.85. The van der Waals surface area contributed by atoms with Crippen LogP contribution in [0.2, 0.25) is 0 Å². The second kappa shape index (κ2) is 8.27. The van der Waals surface area contributed by atoms with E-state index in [1.54, 1.807) is 0 Å². The van der Waals surface area contributed by atoms with Crippen molar-refractivity contribution in [1.82, 2.24) is 10.2 Å². The molecule has 1 N–H and O–H groups in total. The number of amides is 1. The van der Waals surface area contributed by atoms with Crippen LogP contribution in [0.25, 0.3) is 0 Å². The highest BCUT2D eigenvalue weighted by Gasteiger charge is 2.30. The number of ether oxygens (including phenoxy) is 2. The van der Waals surface area contributed by atoms with Crippen LogP contribution in [-0.4, -0.2) is 56.4 Å². The fourth-order valence-corrected chi connectivity index (χ4v) is 2.61. The molecule has 0 saturated carbocycles. The van der Waals surface area contributed by atoms with Crippen molar-refractivity contribution < 1.29 is 14.3 Å². The fourth-order valence-electron chi connectivity index (χ4n) is 2.61. The van der Waals surface area contributed by atoms with Gasteiger partial charge in [0.05, 0.1) is 25.8 Å². The monoisotopic (exact) mass is 306 g/mol. The smallest absolute Gasteiger partial charge is 0.234 e. The van der Waals surface area contributed by atoms with Crippen molar-refractivity contribution in [2.24, 2.45) is 0 Å². The van der Waals surface area contributed by atoms with E-state index < -0.39 is 0 Å². The molecule has 1 aromatic rings. The molecule has 1 amide bonds. The summed E-state index contributed by atoms with van der Waals surface area (Å²) in [5.41, 5.74) is 2.45. The highest BCUT2D eigenvalue weighted by Crippen LogP contribution is 2.10. The predicted octanol–water partition coefficient (Wildman–Crippen LogP) is 1.35. The van der Waals surface area contributed by atoms with E-state index in [1.165, 1.54) is 11.1 Å². The molecular formula is C17H26N2O3. The van der Waals surface area contributed by atoms with E-state index in [-0.39, 0.29) is 18.1 Å². The molecular weight excluding hydrogens is 280 g/mol. The SMILES string of the molecule is CCO[C@H]1COC[C@@H]1NC(=O)CN(C)Cc1ccc(C)cc1. The quantitative estimate of drug-likeness (QED) is 0.826. The first kappa shape index (κ1) is 16.9. The summed E-state index contributed by atoms with van der Waals surface area (Å²) in [5, 5.41) is 3.01. The van der Waals surface area contributed by atoms with Gasteiger partial charge in [-0.15, -0.1) is 0 Å². The Morgan fingerprint density at radius 1 is 1.36 bits per heavy atom. The Bertz CT molecular complexity index is 475. The molecule has 1 aliphatic heterocycles. The topological polar surface area (TPSA) is 50.8 Å². The Morgan fingerprint density at radius 2 is 2.09 bits per heavy atom. The van der Waals surface area contributed by atoms with Crippen LogP contribution in [0.4, 0.5) is 0 Å². The van der Waals surface area contributed by atoms with Crippen LogP contribution in [0.3, 0.4) is 0 Å². The van der Waals surface area contributed by atoms with Gasteiger partial charge in [-0.2, -0.15) is 0 Å². The lowest BCUT2D eigenvalue weighted by molar-refractivity contribution is -0.123. The number of aryl methyl sites for hydroxylation is 1. The second-order valence-electron chi connectivity index (χ2n) is 5.86. The minimum absolute atomic E-state index is 0.00909. The van der Waals surface area contributed by atoms with E-state index in [0.717, 1.165) is 6.54 Å². The van der Waals surface area contributed by atoms with E-state index in [1.807, 2.05) is 18.9 Å². The Kier molecular flexibility index (Phi) is 6.36. The van der Waals surface area contributed by atoms with Crippen molar-refractivity contribution >= 4 is 5.91 Å². The van der Waals surface area contributed by atoms with Gasteiger partial charge in [-0.05, 0) is 26.5 Å². The van der Waals surface area contributed by atoms with Gasteiger partial charge < -0.3 is 14.8 Å². The third kappa shape index (κ3) is 5.09. The summed E-state index contributed by atoms with van der Waals surface area (Å²) in [6.07, 6.45) is -0.0312. The van der Waals surface area contributed by atoms with Gasteiger partial charge in [-0.1, -0.05) is 29.8 Å². The predicted molar refractivity (Wildman–Crippen MR) is 85.7 cm³/mol. The van der Waals surface area contributed by atoms with Gasteiger partial charge in [0.15, 0.2) is 0 Å². The molecule has 5 nitrogen and oxygen atoms in total. The minimum atomic E-state index is -0.0415. The van der Waals surface area contributed by atoms with Crippen LogP contribution in [-0.2, 0) is 20.8 Å². The summed E-state index contributed by atoms with van der Waals surface area (Å²) >= 11 is 0. The van der Waals surface area contributed by atoms with Gasteiger partial charge in [0, 0.05) is 13.2 Å². The third-order valence-electron chi connectivity index (χ3n) is 3.74. The number of nitrogens with one attached hydrogen (secondary N) is 1. The molecule has 1 aliphatic rings. The Hall–Kier alpha value is -1.43. The molecule has 2 atom stereocenters. The van der Waals surface area contributed by atoms with Crippen LogP contribution >= 0.6 is 0 Å². The number of hydrogen-bond donors (Lipinski definition) is 1. The molecule has 0 spiro atoms. The molecule has 0 aromatic heterocycles. The molecule has 0 bridgehead atoms. The fraction of sp³-hybridized carbons (Fsp3) is 0.588. The van der Waals surface area contributed by atoms with E-state index in [0.29, 0.717) is 26.4 Å². The van der Waals surface area contributed by atoms with E-state index >= 15 is 0 Å². The number of rotatable bonds is 7. The summed E-state index contributed by atoms with van der Waals surface area (Å²) in [7, 11) is 1.95. The highest BCUT2D eigenvalue weighted by atomic mass is 16.5. The molecule has 0 radical (unpaired) electrons.